The van der Waals surface area contributed by atoms with Crippen LogP contribution in [0.15, 0.2) is 185 Å². The third-order valence-electron chi connectivity index (χ3n) is 10.2. The number of hydrogen-bond donors (Lipinski definition) is 0. The van der Waals surface area contributed by atoms with E-state index in [-0.39, 0.29) is 0 Å². The Balaban J connectivity index is 0.993. The SMILES string of the molecule is c1ccc(-c2nc(-c3ccccc3)nc(-c3ccc4oc5c(-c6ccc(-c7nc(-c8ccccc8)c8oc9ccccc9c8n7)cc6)cccc5c4c3)n2)cc1. The van der Waals surface area contributed by atoms with E-state index in [0.29, 0.717) is 28.9 Å². The molecule has 0 atom stereocenters. The van der Waals surface area contributed by atoms with E-state index in [0.717, 1.165) is 83.1 Å². The summed E-state index contributed by atoms with van der Waals surface area (Å²) in [6.07, 6.45) is 0. The second-order valence-corrected chi connectivity index (χ2v) is 13.6. The van der Waals surface area contributed by atoms with Crippen LogP contribution in [-0.2, 0) is 0 Å². The van der Waals surface area contributed by atoms with E-state index in [4.69, 9.17) is 33.8 Å². The van der Waals surface area contributed by atoms with Crippen molar-refractivity contribution in [2.75, 3.05) is 0 Å². The minimum atomic E-state index is 0.597. The molecule has 4 heterocycles. The van der Waals surface area contributed by atoms with Gasteiger partial charge < -0.3 is 8.83 Å². The molecule has 0 radical (unpaired) electrons. The summed E-state index contributed by atoms with van der Waals surface area (Å²) in [6.45, 7) is 0. The van der Waals surface area contributed by atoms with Crippen molar-refractivity contribution in [1.29, 1.82) is 0 Å². The van der Waals surface area contributed by atoms with Crippen molar-refractivity contribution in [3.05, 3.63) is 176 Å². The van der Waals surface area contributed by atoms with Crippen LogP contribution in [0.5, 0.6) is 0 Å². The summed E-state index contributed by atoms with van der Waals surface area (Å²) >= 11 is 0. The first-order chi connectivity index (χ1) is 27.7. The maximum Gasteiger partial charge on any atom is 0.180 e. The van der Waals surface area contributed by atoms with Gasteiger partial charge in [0.1, 0.15) is 28.0 Å². The summed E-state index contributed by atoms with van der Waals surface area (Å²) in [5.41, 5.74) is 11.3. The van der Waals surface area contributed by atoms with Gasteiger partial charge in [-0.1, -0.05) is 146 Å². The molecule has 7 aromatic carbocycles. The lowest BCUT2D eigenvalue weighted by atomic mass is 10.0. The van der Waals surface area contributed by atoms with Crippen LogP contribution in [-0.4, -0.2) is 24.9 Å². The second kappa shape index (κ2) is 13.0. The average molecular weight is 720 g/mol. The monoisotopic (exact) mass is 719 g/mol. The van der Waals surface area contributed by atoms with Crippen LogP contribution < -0.4 is 0 Å². The molecule has 11 aromatic rings. The maximum absolute atomic E-state index is 6.59. The molecule has 56 heavy (non-hydrogen) atoms. The Morgan fingerprint density at radius 2 is 0.804 bits per heavy atom. The topological polar surface area (TPSA) is 90.7 Å². The van der Waals surface area contributed by atoms with Gasteiger partial charge in [0, 0.05) is 49.5 Å². The Hall–Kier alpha value is -7.77. The number of para-hydroxylation sites is 2. The van der Waals surface area contributed by atoms with Crippen molar-refractivity contribution in [3.63, 3.8) is 0 Å². The van der Waals surface area contributed by atoms with Gasteiger partial charge in [0.25, 0.3) is 0 Å². The molecule has 0 fully saturated rings. The molecule has 7 heteroatoms. The van der Waals surface area contributed by atoms with Crippen LogP contribution in [0.2, 0.25) is 0 Å². The van der Waals surface area contributed by atoms with Crippen molar-refractivity contribution < 1.29 is 8.83 Å². The zero-order valence-corrected chi connectivity index (χ0v) is 29.8. The van der Waals surface area contributed by atoms with E-state index in [1.165, 1.54) is 0 Å². The van der Waals surface area contributed by atoms with Crippen molar-refractivity contribution in [2.24, 2.45) is 0 Å². The Kier molecular flexibility index (Phi) is 7.35. The maximum atomic E-state index is 6.59. The van der Waals surface area contributed by atoms with Gasteiger partial charge in [-0.05, 0) is 35.9 Å². The molecule has 0 unspecified atom stereocenters. The van der Waals surface area contributed by atoms with Gasteiger partial charge in [-0.15, -0.1) is 0 Å². The number of nitrogens with zero attached hydrogens (tertiary/aromatic N) is 5. The molecule has 262 valence electrons. The normalized spacial score (nSPS) is 11.6. The Bertz CT molecular complexity index is 3170. The number of fused-ring (bicyclic) bond motifs is 6. The minimum absolute atomic E-state index is 0.597. The Morgan fingerprint density at radius 1 is 0.304 bits per heavy atom. The van der Waals surface area contributed by atoms with Gasteiger partial charge in [0.2, 0.25) is 0 Å². The fourth-order valence-electron chi connectivity index (χ4n) is 7.41. The average Bonchev–Trinajstić information content (AvgIpc) is 3.85. The molecule has 0 bridgehead atoms. The molecule has 11 rings (SSSR count). The van der Waals surface area contributed by atoms with Crippen LogP contribution in [0, 0.1) is 0 Å². The molecular formula is C49H29N5O2. The molecule has 7 nitrogen and oxygen atoms in total. The van der Waals surface area contributed by atoms with Crippen molar-refractivity contribution in [2.45, 2.75) is 0 Å². The standard InChI is InChI=1S/C49H29N5O2/c1-4-13-31(14-5-1)42-45-43(38-19-10-11-22-40(38)56-45)51-46(50-42)34-25-23-30(24-26-34)36-20-12-21-37-39-29-35(27-28-41(39)55-44(36)37)49-53-47(32-15-6-2-7-16-32)52-48(54-49)33-17-8-3-9-18-33/h1-29H. The third-order valence-corrected chi connectivity index (χ3v) is 10.2. The van der Waals surface area contributed by atoms with Gasteiger partial charge >= 0.3 is 0 Å². The van der Waals surface area contributed by atoms with Gasteiger partial charge in [-0.3, -0.25) is 0 Å². The fourth-order valence-corrected chi connectivity index (χ4v) is 7.41. The Labute approximate surface area is 320 Å². The number of rotatable bonds is 6. The molecule has 0 amide bonds. The number of hydrogen-bond acceptors (Lipinski definition) is 7. The number of benzene rings is 7. The largest absolute Gasteiger partial charge is 0.455 e. The summed E-state index contributed by atoms with van der Waals surface area (Å²) in [4.78, 5) is 24.9. The summed E-state index contributed by atoms with van der Waals surface area (Å²) in [5.74, 6) is 2.47. The van der Waals surface area contributed by atoms with E-state index in [9.17, 15) is 0 Å². The summed E-state index contributed by atoms with van der Waals surface area (Å²) in [5, 5.41) is 2.96. The smallest absolute Gasteiger partial charge is 0.180 e. The van der Waals surface area contributed by atoms with Crippen LogP contribution in [0.25, 0.3) is 112 Å². The predicted octanol–water partition coefficient (Wildman–Crippen LogP) is 12.5. The van der Waals surface area contributed by atoms with E-state index in [1.54, 1.807) is 0 Å². The van der Waals surface area contributed by atoms with Gasteiger partial charge in [0.15, 0.2) is 28.9 Å². The van der Waals surface area contributed by atoms with Crippen LogP contribution in [0.4, 0.5) is 0 Å². The highest BCUT2D eigenvalue weighted by Gasteiger charge is 2.19. The second-order valence-electron chi connectivity index (χ2n) is 13.6. The number of aromatic nitrogens is 5. The number of furan rings is 2. The van der Waals surface area contributed by atoms with E-state index >= 15 is 0 Å². The summed E-state index contributed by atoms with van der Waals surface area (Å²) < 4.78 is 12.9. The van der Waals surface area contributed by atoms with Crippen LogP contribution >= 0.6 is 0 Å². The molecule has 0 N–H and O–H groups in total. The van der Waals surface area contributed by atoms with Crippen LogP contribution in [0.1, 0.15) is 0 Å². The first-order valence-electron chi connectivity index (χ1n) is 18.4. The highest BCUT2D eigenvalue weighted by Crippen LogP contribution is 2.39. The summed E-state index contributed by atoms with van der Waals surface area (Å²) in [6, 6.07) is 58.9. The first-order valence-corrected chi connectivity index (χ1v) is 18.4. The third kappa shape index (κ3) is 5.41. The summed E-state index contributed by atoms with van der Waals surface area (Å²) in [7, 11) is 0. The molecule has 0 spiro atoms. The van der Waals surface area contributed by atoms with Crippen LogP contribution in [0.3, 0.4) is 0 Å². The molecule has 0 aliphatic rings. The van der Waals surface area contributed by atoms with E-state index < -0.39 is 0 Å². The lowest BCUT2D eigenvalue weighted by Crippen LogP contribution is -2.00. The molecule has 0 saturated carbocycles. The minimum Gasteiger partial charge on any atom is -0.455 e. The molecule has 0 saturated heterocycles. The quantitative estimate of drug-likeness (QED) is 0.169. The van der Waals surface area contributed by atoms with Crippen molar-refractivity contribution >= 4 is 44.0 Å². The van der Waals surface area contributed by atoms with Gasteiger partial charge in [-0.25, -0.2) is 24.9 Å². The first kappa shape index (κ1) is 31.7. The molecular weight excluding hydrogens is 691 g/mol. The van der Waals surface area contributed by atoms with Gasteiger partial charge in [-0.2, -0.15) is 0 Å². The van der Waals surface area contributed by atoms with Crippen molar-refractivity contribution in [3.8, 4) is 67.9 Å². The zero-order valence-electron chi connectivity index (χ0n) is 29.8. The molecule has 4 aromatic heterocycles. The predicted molar refractivity (Wildman–Crippen MR) is 223 cm³/mol. The highest BCUT2D eigenvalue weighted by molar-refractivity contribution is 6.11. The van der Waals surface area contributed by atoms with E-state index in [1.807, 2.05) is 127 Å². The van der Waals surface area contributed by atoms with E-state index in [2.05, 4.69) is 48.5 Å². The lowest BCUT2D eigenvalue weighted by molar-refractivity contribution is 0.667. The lowest BCUT2D eigenvalue weighted by Gasteiger charge is -2.08. The zero-order chi connectivity index (χ0) is 37.0. The molecule has 0 aliphatic carbocycles. The highest BCUT2D eigenvalue weighted by atomic mass is 16.3. The van der Waals surface area contributed by atoms with Gasteiger partial charge in [0.05, 0.1) is 0 Å². The molecule has 0 aliphatic heterocycles. The fraction of sp³-hybridized carbons (Fsp3) is 0. The van der Waals surface area contributed by atoms with Crippen molar-refractivity contribution in [1.82, 2.24) is 24.9 Å². The Morgan fingerprint density at radius 3 is 1.50 bits per heavy atom.